The van der Waals surface area contributed by atoms with E-state index in [1.165, 1.54) is 11.3 Å². The number of carbonyl (C=O) groups is 2. The zero-order valence-electron chi connectivity index (χ0n) is 11.5. The van der Waals surface area contributed by atoms with Gasteiger partial charge in [-0.2, -0.15) is 0 Å². The monoisotopic (exact) mass is 296 g/mol. The van der Waals surface area contributed by atoms with E-state index in [4.69, 9.17) is 11.5 Å². The highest BCUT2D eigenvalue weighted by Gasteiger charge is 2.28. The molecule has 2 amide bonds. The van der Waals surface area contributed by atoms with E-state index in [9.17, 15) is 9.59 Å². The molecule has 0 bridgehead atoms. The molecule has 1 aromatic rings. The van der Waals surface area contributed by atoms with Crippen molar-refractivity contribution in [3.8, 4) is 0 Å². The van der Waals surface area contributed by atoms with Gasteiger partial charge < -0.3 is 22.1 Å². The summed E-state index contributed by atoms with van der Waals surface area (Å²) in [7, 11) is 0. The summed E-state index contributed by atoms with van der Waals surface area (Å²) < 4.78 is 0. The summed E-state index contributed by atoms with van der Waals surface area (Å²) in [4.78, 5) is 24.0. The van der Waals surface area contributed by atoms with Gasteiger partial charge in [0.25, 0.3) is 11.8 Å². The molecule has 1 aliphatic carbocycles. The molecule has 1 heterocycles. The van der Waals surface area contributed by atoms with Crippen LogP contribution in [-0.4, -0.2) is 24.4 Å². The molecule has 7 heteroatoms. The van der Waals surface area contributed by atoms with Crippen LogP contribution in [0.15, 0.2) is 0 Å². The van der Waals surface area contributed by atoms with Gasteiger partial charge in [-0.05, 0) is 19.3 Å². The van der Waals surface area contributed by atoms with E-state index < -0.39 is 5.91 Å². The fourth-order valence-electron chi connectivity index (χ4n) is 1.84. The van der Waals surface area contributed by atoms with Crippen LogP contribution < -0.4 is 22.1 Å². The van der Waals surface area contributed by atoms with Gasteiger partial charge in [0.15, 0.2) is 0 Å². The fraction of sp³-hybridized carbons (Fsp3) is 0.538. The van der Waals surface area contributed by atoms with Gasteiger partial charge in [0.1, 0.15) is 9.88 Å². The molecule has 0 aliphatic heterocycles. The largest absolute Gasteiger partial charge is 0.397 e. The van der Waals surface area contributed by atoms with Crippen LogP contribution in [0.4, 0.5) is 10.7 Å². The van der Waals surface area contributed by atoms with Crippen molar-refractivity contribution in [1.82, 2.24) is 5.32 Å². The van der Waals surface area contributed by atoms with Gasteiger partial charge in [-0.15, -0.1) is 11.3 Å². The van der Waals surface area contributed by atoms with Crippen molar-refractivity contribution in [1.29, 1.82) is 0 Å². The zero-order chi connectivity index (χ0) is 14.7. The fourth-order valence-corrected chi connectivity index (χ4v) is 2.89. The Hall–Kier alpha value is -1.76. The SMILES string of the molecule is CCCCNc1sc(C(=O)NC2CC2)c(N)c1C(N)=O. The number of nitrogens with two attached hydrogens (primary N) is 2. The summed E-state index contributed by atoms with van der Waals surface area (Å²) in [5, 5.41) is 6.59. The maximum absolute atomic E-state index is 12.1. The minimum atomic E-state index is -0.608. The van der Waals surface area contributed by atoms with E-state index in [1.807, 2.05) is 0 Å². The molecule has 0 saturated heterocycles. The average Bonchev–Trinajstić information content (AvgIpc) is 3.12. The Morgan fingerprint density at radius 1 is 1.40 bits per heavy atom. The highest BCUT2D eigenvalue weighted by Crippen LogP contribution is 2.36. The van der Waals surface area contributed by atoms with Gasteiger partial charge in [0, 0.05) is 12.6 Å². The number of hydrogen-bond acceptors (Lipinski definition) is 5. The van der Waals surface area contributed by atoms with Crippen molar-refractivity contribution in [2.75, 3.05) is 17.6 Å². The van der Waals surface area contributed by atoms with Crippen molar-refractivity contribution < 1.29 is 9.59 Å². The average molecular weight is 296 g/mol. The standard InChI is InChI=1S/C13H20N4O2S/c1-2-3-6-16-13-8(11(15)18)9(14)10(20-13)12(19)17-7-4-5-7/h7,16H,2-6,14H2,1H3,(H2,15,18)(H,17,19). The van der Waals surface area contributed by atoms with E-state index in [0.29, 0.717) is 9.88 Å². The number of nitrogens with one attached hydrogen (secondary N) is 2. The molecule has 0 aromatic carbocycles. The van der Waals surface area contributed by atoms with Crippen molar-refractivity contribution in [3.05, 3.63) is 10.4 Å². The summed E-state index contributed by atoms with van der Waals surface area (Å²) in [6.07, 6.45) is 4.01. The number of anilines is 2. The lowest BCUT2D eigenvalue weighted by Gasteiger charge is -2.04. The van der Waals surface area contributed by atoms with Gasteiger partial charge in [-0.25, -0.2) is 0 Å². The molecule has 2 rings (SSSR count). The van der Waals surface area contributed by atoms with E-state index in [1.54, 1.807) is 0 Å². The van der Waals surface area contributed by atoms with Crippen LogP contribution >= 0.6 is 11.3 Å². The summed E-state index contributed by atoms with van der Waals surface area (Å²) in [5.41, 5.74) is 11.7. The first-order valence-electron chi connectivity index (χ1n) is 6.81. The van der Waals surface area contributed by atoms with E-state index >= 15 is 0 Å². The van der Waals surface area contributed by atoms with Gasteiger partial charge in [-0.3, -0.25) is 9.59 Å². The molecule has 1 aromatic heterocycles. The maximum atomic E-state index is 12.1. The maximum Gasteiger partial charge on any atom is 0.263 e. The van der Waals surface area contributed by atoms with Crippen molar-refractivity contribution >= 4 is 33.8 Å². The predicted molar refractivity (Wildman–Crippen MR) is 81.1 cm³/mol. The molecular formula is C13H20N4O2S. The second-order valence-corrected chi connectivity index (χ2v) is 5.96. The Balaban J connectivity index is 2.21. The van der Waals surface area contributed by atoms with Crippen molar-refractivity contribution in [3.63, 3.8) is 0 Å². The second kappa shape index (κ2) is 6.13. The van der Waals surface area contributed by atoms with Crippen LogP contribution in [0.3, 0.4) is 0 Å². The number of carbonyl (C=O) groups excluding carboxylic acids is 2. The van der Waals surface area contributed by atoms with Gasteiger partial charge in [0.05, 0.1) is 11.3 Å². The first kappa shape index (κ1) is 14.6. The third-order valence-electron chi connectivity index (χ3n) is 3.13. The third kappa shape index (κ3) is 3.22. The summed E-state index contributed by atoms with van der Waals surface area (Å²) in [6.45, 7) is 2.80. The van der Waals surface area contributed by atoms with Crippen molar-refractivity contribution in [2.24, 2.45) is 5.73 Å². The molecule has 6 N–H and O–H groups in total. The molecule has 1 aliphatic rings. The highest BCUT2D eigenvalue weighted by atomic mass is 32.1. The lowest BCUT2D eigenvalue weighted by Crippen LogP contribution is -2.25. The van der Waals surface area contributed by atoms with E-state index in [0.717, 1.165) is 32.2 Å². The molecular weight excluding hydrogens is 276 g/mol. The predicted octanol–water partition coefficient (Wildman–Crippen LogP) is 1.53. The molecule has 110 valence electrons. The second-order valence-electron chi connectivity index (χ2n) is 4.94. The minimum Gasteiger partial charge on any atom is -0.397 e. The van der Waals surface area contributed by atoms with Gasteiger partial charge in [-0.1, -0.05) is 13.3 Å². The Kier molecular flexibility index (Phi) is 4.49. The van der Waals surface area contributed by atoms with Crippen LogP contribution in [-0.2, 0) is 0 Å². The molecule has 6 nitrogen and oxygen atoms in total. The number of nitrogen functional groups attached to an aromatic ring is 1. The molecule has 1 saturated carbocycles. The Morgan fingerprint density at radius 2 is 2.10 bits per heavy atom. The van der Waals surface area contributed by atoms with Crippen LogP contribution in [0.1, 0.15) is 52.6 Å². The molecule has 0 atom stereocenters. The third-order valence-corrected chi connectivity index (χ3v) is 4.29. The Labute approximate surface area is 121 Å². The number of primary amides is 1. The van der Waals surface area contributed by atoms with E-state index in [-0.39, 0.29) is 23.2 Å². The lowest BCUT2D eigenvalue weighted by atomic mass is 10.2. The molecule has 20 heavy (non-hydrogen) atoms. The van der Waals surface area contributed by atoms with Crippen LogP contribution in [0, 0.1) is 0 Å². The minimum absolute atomic E-state index is 0.180. The topological polar surface area (TPSA) is 110 Å². The molecule has 0 unspecified atom stereocenters. The summed E-state index contributed by atoms with van der Waals surface area (Å²) >= 11 is 1.19. The van der Waals surface area contributed by atoms with Crippen LogP contribution in [0.25, 0.3) is 0 Å². The smallest absolute Gasteiger partial charge is 0.263 e. The summed E-state index contributed by atoms with van der Waals surface area (Å²) in [5.74, 6) is -0.829. The van der Waals surface area contributed by atoms with Crippen LogP contribution in [0.5, 0.6) is 0 Å². The number of rotatable bonds is 7. The lowest BCUT2D eigenvalue weighted by molar-refractivity contribution is 0.0955. The van der Waals surface area contributed by atoms with Gasteiger partial charge >= 0.3 is 0 Å². The Bertz CT molecular complexity index is 523. The molecule has 0 radical (unpaired) electrons. The summed E-state index contributed by atoms with van der Waals surface area (Å²) in [6, 6.07) is 0.248. The number of hydrogen-bond donors (Lipinski definition) is 4. The molecule has 1 fully saturated rings. The Morgan fingerprint density at radius 3 is 2.65 bits per heavy atom. The van der Waals surface area contributed by atoms with Crippen molar-refractivity contribution in [2.45, 2.75) is 38.6 Å². The molecule has 0 spiro atoms. The first-order valence-corrected chi connectivity index (χ1v) is 7.63. The highest BCUT2D eigenvalue weighted by molar-refractivity contribution is 7.19. The zero-order valence-corrected chi connectivity index (χ0v) is 12.3. The quantitative estimate of drug-likeness (QED) is 0.572. The number of unbranched alkanes of at least 4 members (excludes halogenated alkanes) is 1. The van der Waals surface area contributed by atoms with Crippen LogP contribution in [0.2, 0.25) is 0 Å². The number of amides is 2. The number of thiophene rings is 1. The normalized spacial score (nSPS) is 14.1. The van der Waals surface area contributed by atoms with Gasteiger partial charge in [0.2, 0.25) is 0 Å². The first-order chi connectivity index (χ1) is 9.54. The van der Waals surface area contributed by atoms with E-state index in [2.05, 4.69) is 17.6 Å².